The molecule has 2 N–H and O–H groups in total. The molecular weight excluding hydrogens is 394 g/mol. The number of amides is 4. The largest absolute Gasteiger partial charge is 0.326 e. The highest BCUT2D eigenvalue weighted by Crippen LogP contribution is 2.33. The summed E-state index contributed by atoms with van der Waals surface area (Å²) in [6.45, 7) is 5.20. The minimum atomic E-state index is -0.733. The SMILES string of the molecule is CN1CCN(Cc2cccc(NC(=O)CCN3C(=O)NC4(CCCCC4)C3=O)c2)CC1. The Morgan fingerprint density at radius 3 is 2.58 bits per heavy atom. The second-order valence-corrected chi connectivity index (χ2v) is 9.11. The van der Waals surface area contributed by atoms with Crippen molar-refractivity contribution in [3.05, 3.63) is 29.8 Å². The molecule has 1 aromatic rings. The molecule has 0 unspecified atom stereocenters. The first-order valence-corrected chi connectivity index (χ1v) is 11.4. The van der Waals surface area contributed by atoms with Crippen LogP contribution < -0.4 is 10.6 Å². The number of nitrogens with zero attached hydrogens (tertiary/aromatic N) is 3. The number of carbonyl (C=O) groups excluding carboxylic acids is 3. The highest BCUT2D eigenvalue weighted by Gasteiger charge is 2.51. The summed E-state index contributed by atoms with van der Waals surface area (Å²) in [7, 11) is 2.14. The molecule has 1 saturated carbocycles. The monoisotopic (exact) mass is 427 g/mol. The topological polar surface area (TPSA) is 85.0 Å². The van der Waals surface area contributed by atoms with E-state index in [4.69, 9.17) is 0 Å². The Balaban J connectivity index is 1.28. The molecule has 31 heavy (non-hydrogen) atoms. The number of anilines is 1. The Bertz CT molecular complexity index is 828. The van der Waals surface area contributed by atoms with Crippen molar-refractivity contribution in [2.75, 3.05) is 45.1 Å². The average Bonchev–Trinajstić information content (AvgIpc) is 2.98. The van der Waals surface area contributed by atoms with E-state index in [1.54, 1.807) is 0 Å². The fourth-order valence-electron chi connectivity index (χ4n) is 4.82. The van der Waals surface area contributed by atoms with Crippen LogP contribution in [0.15, 0.2) is 24.3 Å². The van der Waals surface area contributed by atoms with Crippen LogP contribution in [0.1, 0.15) is 44.1 Å². The number of likely N-dealkylation sites (N-methyl/N-ethyl adjacent to an activating group) is 1. The van der Waals surface area contributed by atoms with E-state index < -0.39 is 5.54 Å². The van der Waals surface area contributed by atoms with Crippen LogP contribution in [0.2, 0.25) is 0 Å². The lowest BCUT2D eigenvalue weighted by Crippen LogP contribution is -2.48. The molecule has 0 aromatic heterocycles. The Morgan fingerprint density at radius 1 is 1.10 bits per heavy atom. The van der Waals surface area contributed by atoms with Gasteiger partial charge in [-0.1, -0.05) is 31.4 Å². The summed E-state index contributed by atoms with van der Waals surface area (Å²) in [6.07, 6.45) is 4.48. The molecule has 1 aliphatic carbocycles. The van der Waals surface area contributed by atoms with Crippen molar-refractivity contribution < 1.29 is 14.4 Å². The van der Waals surface area contributed by atoms with E-state index in [2.05, 4.69) is 33.5 Å². The molecule has 0 atom stereocenters. The molecule has 1 spiro atoms. The molecule has 3 fully saturated rings. The average molecular weight is 428 g/mol. The zero-order valence-electron chi connectivity index (χ0n) is 18.4. The first-order chi connectivity index (χ1) is 14.9. The number of hydrogen-bond donors (Lipinski definition) is 2. The van der Waals surface area contributed by atoms with E-state index >= 15 is 0 Å². The molecule has 2 saturated heterocycles. The summed E-state index contributed by atoms with van der Waals surface area (Å²) in [5.41, 5.74) is 1.18. The van der Waals surface area contributed by atoms with Crippen LogP contribution in [0, 0.1) is 0 Å². The van der Waals surface area contributed by atoms with Gasteiger partial charge in [0.1, 0.15) is 5.54 Å². The van der Waals surface area contributed by atoms with Crippen molar-refractivity contribution in [2.24, 2.45) is 0 Å². The summed E-state index contributed by atoms with van der Waals surface area (Å²) >= 11 is 0. The van der Waals surface area contributed by atoms with E-state index in [0.29, 0.717) is 12.8 Å². The van der Waals surface area contributed by atoms with Gasteiger partial charge in [0.25, 0.3) is 5.91 Å². The minimum Gasteiger partial charge on any atom is -0.326 e. The third-order valence-electron chi connectivity index (χ3n) is 6.73. The highest BCUT2D eigenvalue weighted by atomic mass is 16.2. The van der Waals surface area contributed by atoms with Gasteiger partial charge in [0, 0.05) is 51.4 Å². The highest BCUT2D eigenvalue weighted by molar-refractivity contribution is 6.07. The molecule has 2 aliphatic heterocycles. The lowest BCUT2D eigenvalue weighted by Gasteiger charge is -2.32. The smallest absolute Gasteiger partial charge is 0.325 e. The van der Waals surface area contributed by atoms with Crippen LogP contribution in [0.4, 0.5) is 10.5 Å². The Morgan fingerprint density at radius 2 is 1.84 bits per heavy atom. The standard InChI is InChI=1S/C23H33N5O3/c1-26-12-14-27(15-13-26)17-18-6-5-7-19(16-18)24-20(29)8-11-28-21(30)23(25-22(28)31)9-3-2-4-10-23/h5-7,16H,2-4,8-15,17H2,1H3,(H,24,29)(H,25,31). The number of hydrogen-bond acceptors (Lipinski definition) is 5. The Labute approximate surface area is 183 Å². The van der Waals surface area contributed by atoms with Crippen LogP contribution in [0.3, 0.4) is 0 Å². The number of imide groups is 1. The Kier molecular flexibility index (Phi) is 6.57. The van der Waals surface area contributed by atoms with Gasteiger partial charge in [-0.05, 0) is 37.6 Å². The molecule has 4 amide bonds. The number of carbonyl (C=O) groups is 3. The fraction of sp³-hybridized carbons (Fsp3) is 0.609. The van der Waals surface area contributed by atoms with Crippen molar-refractivity contribution in [1.29, 1.82) is 0 Å². The van der Waals surface area contributed by atoms with Gasteiger partial charge >= 0.3 is 6.03 Å². The summed E-state index contributed by atoms with van der Waals surface area (Å²) in [5.74, 6) is -0.360. The quantitative estimate of drug-likeness (QED) is 0.679. The Hall–Kier alpha value is -2.45. The molecular formula is C23H33N5O3. The first-order valence-electron chi connectivity index (χ1n) is 11.4. The van der Waals surface area contributed by atoms with Crippen LogP contribution in [-0.4, -0.2) is 77.9 Å². The second kappa shape index (κ2) is 9.36. The predicted molar refractivity (Wildman–Crippen MR) is 119 cm³/mol. The number of urea groups is 1. The minimum absolute atomic E-state index is 0.0952. The van der Waals surface area contributed by atoms with E-state index in [1.165, 1.54) is 4.90 Å². The van der Waals surface area contributed by atoms with Crippen molar-refractivity contribution >= 4 is 23.5 Å². The maximum absolute atomic E-state index is 12.8. The van der Waals surface area contributed by atoms with Crippen molar-refractivity contribution in [3.63, 3.8) is 0 Å². The molecule has 168 valence electrons. The fourth-order valence-corrected chi connectivity index (χ4v) is 4.82. The van der Waals surface area contributed by atoms with Gasteiger partial charge in [0.05, 0.1) is 0 Å². The molecule has 8 heteroatoms. The van der Waals surface area contributed by atoms with Gasteiger partial charge in [-0.3, -0.25) is 19.4 Å². The normalized spacial score (nSPS) is 22.0. The molecule has 0 bridgehead atoms. The predicted octanol–water partition coefficient (Wildman–Crippen LogP) is 2.02. The molecule has 0 radical (unpaired) electrons. The first kappa shape index (κ1) is 21.8. The summed E-state index contributed by atoms with van der Waals surface area (Å²) in [4.78, 5) is 43.6. The second-order valence-electron chi connectivity index (χ2n) is 9.11. The van der Waals surface area contributed by atoms with Gasteiger partial charge in [0.15, 0.2) is 0 Å². The number of rotatable bonds is 6. The summed E-state index contributed by atoms with van der Waals surface area (Å²) in [5, 5.41) is 5.81. The van der Waals surface area contributed by atoms with Crippen molar-refractivity contribution in [3.8, 4) is 0 Å². The van der Waals surface area contributed by atoms with Crippen LogP contribution in [0.5, 0.6) is 0 Å². The molecule has 1 aromatic carbocycles. The number of benzene rings is 1. The maximum Gasteiger partial charge on any atom is 0.325 e. The number of nitrogens with one attached hydrogen (secondary N) is 2. The van der Waals surface area contributed by atoms with Gasteiger partial charge < -0.3 is 15.5 Å². The third kappa shape index (κ3) is 5.07. The van der Waals surface area contributed by atoms with Gasteiger partial charge in [-0.2, -0.15) is 0 Å². The van der Waals surface area contributed by atoms with Gasteiger partial charge in [-0.25, -0.2) is 4.79 Å². The van der Waals surface area contributed by atoms with E-state index in [-0.39, 0.29) is 30.8 Å². The van der Waals surface area contributed by atoms with Crippen LogP contribution in [0.25, 0.3) is 0 Å². The molecule has 2 heterocycles. The maximum atomic E-state index is 12.8. The number of piperazine rings is 1. The van der Waals surface area contributed by atoms with Crippen molar-refractivity contribution in [1.82, 2.24) is 20.0 Å². The molecule has 4 rings (SSSR count). The molecule has 8 nitrogen and oxygen atoms in total. The van der Waals surface area contributed by atoms with E-state index in [0.717, 1.165) is 63.2 Å². The van der Waals surface area contributed by atoms with Crippen LogP contribution >= 0.6 is 0 Å². The molecule has 3 aliphatic rings. The van der Waals surface area contributed by atoms with E-state index in [9.17, 15) is 14.4 Å². The lowest BCUT2D eigenvalue weighted by atomic mass is 9.82. The van der Waals surface area contributed by atoms with E-state index in [1.807, 2.05) is 18.2 Å². The lowest BCUT2D eigenvalue weighted by molar-refractivity contribution is -0.132. The zero-order chi connectivity index (χ0) is 21.8. The van der Waals surface area contributed by atoms with Crippen molar-refractivity contribution in [2.45, 2.75) is 50.6 Å². The summed E-state index contributed by atoms with van der Waals surface area (Å²) < 4.78 is 0. The third-order valence-corrected chi connectivity index (χ3v) is 6.73. The zero-order valence-corrected chi connectivity index (χ0v) is 18.4. The van der Waals surface area contributed by atoms with Gasteiger partial charge in [-0.15, -0.1) is 0 Å². The summed E-state index contributed by atoms with van der Waals surface area (Å²) in [6, 6.07) is 7.53. The van der Waals surface area contributed by atoms with Crippen LogP contribution in [-0.2, 0) is 16.1 Å². The van der Waals surface area contributed by atoms with Gasteiger partial charge in [0.2, 0.25) is 5.91 Å².